The van der Waals surface area contributed by atoms with E-state index in [1.165, 1.54) is 12.1 Å². The number of benzene rings is 1. The minimum Gasteiger partial charge on any atom is -0.353 e. The van der Waals surface area contributed by atoms with Crippen LogP contribution < -0.4 is 10.2 Å². The fraction of sp³-hybridized carbons (Fsp3) is 0.308. The van der Waals surface area contributed by atoms with Gasteiger partial charge in [-0.1, -0.05) is 0 Å². The first kappa shape index (κ1) is 12.6. The van der Waals surface area contributed by atoms with Crippen LogP contribution in [0.25, 0.3) is 11.3 Å². The van der Waals surface area contributed by atoms with E-state index in [-0.39, 0.29) is 5.82 Å². The molecule has 100 valence electrons. The fourth-order valence-corrected chi connectivity index (χ4v) is 2.78. The first-order chi connectivity index (χ1) is 9.24. The molecule has 1 aromatic carbocycles. The van der Waals surface area contributed by atoms with Crippen LogP contribution in [0.3, 0.4) is 0 Å². The number of halogens is 2. The van der Waals surface area contributed by atoms with Crippen molar-refractivity contribution in [1.29, 1.82) is 0 Å². The van der Waals surface area contributed by atoms with E-state index in [1.54, 1.807) is 6.07 Å². The van der Waals surface area contributed by atoms with Crippen molar-refractivity contribution in [2.45, 2.75) is 0 Å². The van der Waals surface area contributed by atoms with E-state index in [9.17, 15) is 4.39 Å². The topological polar surface area (TPSA) is 44.0 Å². The number of piperazine rings is 1. The highest BCUT2D eigenvalue weighted by Crippen LogP contribution is 2.29. The Hall–Kier alpha value is -1.40. The molecule has 2 heterocycles. The molecule has 0 atom stereocenters. The summed E-state index contributed by atoms with van der Waals surface area (Å²) in [5.41, 5.74) is 1.80. The van der Waals surface area contributed by atoms with Crippen LogP contribution in [-0.2, 0) is 0 Å². The van der Waals surface area contributed by atoms with Gasteiger partial charge in [-0.2, -0.15) is 5.10 Å². The van der Waals surface area contributed by atoms with Crippen molar-refractivity contribution in [2.75, 3.05) is 31.1 Å². The molecule has 0 spiro atoms. The zero-order valence-corrected chi connectivity index (χ0v) is 11.9. The molecule has 0 aliphatic carbocycles. The number of hydrogen-bond acceptors (Lipinski definition) is 3. The first-order valence-corrected chi connectivity index (χ1v) is 7.00. The van der Waals surface area contributed by atoms with Gasteiger partial charge in [0.05, 0.1) is 5.69 Å². The molecule has 1 aliphatic heterocycles. The van der Waals surface area contributed by atoms with Gasteiger partial charge in [-0.05, 0) is 34.1 Å². The van der Waals surface area contributed by atoms with Gasteiger partial charge in [0.2, 0.25) is 0 Å². The molecule has 2 aromatic rings. The average Bonchev–Trinajstić information content (AvgIpc) is 2.89. The monoisotopic (exact) mass is 324 g/mol. The van der Waals surface area contributed by atoms with Gasteiger partial charge in [0.25, 0.3) is 0 Å². The summed E-state index contributed by atoms with van der Waals surface area (Å²) in [6, 6.07) is 6.66. The molecule has 1 saturated heterocycles. The molecule has 1 aromatic heterocycles. The summed E-state index contributed by atoms with van der Waals surface area (Å²) < 4.78 is 13.8. The van der Waals surface area contributed by atoms with E-state index in [0.717, 1.165) is 47.7 Å². The Bertz CT molecular complexity index is 578. The van der Waals surface area contributed by atoms with Crippen LogP contribution in [0.2, 0.25) is 0 Å². The first-order valence-electron chi connectivity index (χ1n) is 6.20. The molecule has 2 N–H and O–H groups in total. The van der Waals surface area contributed by atoms with E-state index in [0.29, 0.717) is 0 Å². The van der Waals surface area contributed by atoms with Gasteiger partial charge in [-0.15, -0.1) is 0 Å². The number of aromatic amines is 1. The summed E-state index contributed by atoms with van der Waals surface area (Å²) in [5.74, 6) is 0.685. The molecule has 0 saturated carbocycles. The van der Waals surface area contributed by atoms with Gasteiger partial charge < -0.3 is 10.2 Å². The second-order valence-corrected chi connectivity index (χ2v) is 5.36. The largest absolute Gasteiger partial charge is 0.353 e. The Morgan fingerprint density at radius 2 is 2.00 bits per heavy atom. The van der Waals surface area contributed by atoms with E-state index in [1.807, 2.05) is 6.07 Å². The Morgan fingerprint density at radius 1 is 1.21 bits per heavy atom. The molecule has 1 fully saturated rings. The van der Waals surface area contributed by atoms with Crippen molar-refractivity contribution in [2.24, 2.45) is 0 Å². The number of rotatable bonds is 2. The molecule has 19 heavy (non-hydrogen) atoms. The molecular weight excluding hydrogens is 311 g/mol. The Morgan fingerprint density at radius 3 is 2.74 bits per heavy atom. The van der Waals surface area contributed by atoms with Crippen LogP contribution in [0.15, 0.2) is 28.7 Å². The van der Waals surface area contributed by atoms with Crippen molar-refractivity contribution >= 4 is 21.7 Å². The number of nitrogens with zero attached hydrogens (tertiary/aromatic N) is 2. The Balaban J connectivity index is 1.87. The highest BCUT2D eigenvalue weighted by atomic mass is 79.9. The summed E-state index contributed by atoms with van der Waals surface area (Å²) in [6.07, 6.45) is 0. The maximum Gasteiger partial charge on any atom is 0.151 e. The van der Waals surface area contributed by atoms with Crippen LogP contribution in [-0.4, -0.2) is 36.4 Å². The Kier molecular flexibility index (Phi) is 3.52. The SMILES string of the molecule is Fc1ccc(-c2cc(N3CCNCC3)n[nH]2)c(Br)c1. The normalized spacial score (nSPS) is 15.8. The van der Waals surface area contributed by atoms with Crippen molar-refractivity contribution in [3.63, 3.8) is 0 Å². The fourth-order valence-electron chi connectivity index (χ4n) is 2.21. The van der Waals surface area contributed by atoms with E-state index in [2.05, 4.69) is 36.3 Å². The predicted molar refractivity (Wildman–Crippen MR) is 76.8 cm³/mol. The summed E-state index contributed by atoms with van der Waals surface area (Å²) in [5, 5.41) is 10.7. The van der Waals surface area contributed by atoms with Gasteiger partial charge in [0, 0.05) is 42.3 Å². The second-order valence-electron chi connectivity index (χ2n) is 4.50. The predicted octanol–water partition coefficient (Wildman–Crippen LogP) is 2.39. The van der Waals surface area contributed by atoms with Crippen molar-refractivity contribution in [1.82, 2.24) is 15.5 Å². The van der Waals surface area contributed by atoms with Crippen molar-refractivity contribution < 1.29 is 4.39 Å². The molecule has 4 nitrogen and oxygen atoms in total. The highest BCUT2D eigenvalue weighted by Gasteiger charge is 2.15. The number of aromatic nitrogens is 2. The highest BCUT2D eigenvalue weighted by molar-refractivity contribution is 9.10. The lowest BCUT2D eigenvalue weighted by atomic mass is 10.1. The second kappa shape index (κ2) is 5.30. The summed E-state index contributed by atoms with van der Waals surface area (Å²) >= 11 is 3.38. The minimum atomic E-state index is -0.252. The lowest BCUT2D eigenvalue weighted by molar-refractivity contribution is 0.584. The minimum absolute atomic E-state index is 0.252. The standard InChI is InChI=1S/C13H14BrFN4/c14-11-7-9(15)1-2-10(11)12-8-13(18-17-12)19-5-3-16-4-6-19/h1-2,7-8,16H,3-6H2,(H,17,18). The Labute approximate surface area is 119 Å². The van der Waals surface area contributed by atoms with Gasteiger partial charge in [-0.3, -0.25) is 5.10 Å². The maximum absolute atomic E-state index is 13.1. The molecule has 1 aliphatic rings. The third-order valence-electron chi connectivity index (χ3n) is 3.23. The zero-order valence-electron chi connectivity index (χ0n) is 10.3. The number of anilines is 1. The van der Waals surface area contributed by atoms with E-state index >= 15 is 0 Å². The van der Waals surface area contributed by atoms with E-state index < -0.39 is 0 Å². The molecule has 0 unspecified atom stereocenters. The van der Waals surface area contributed by atoms with E-state index in [4.69, 9.17) is 0 Å². The summed E-state index contributed by atoms with van der Waals surface area (Å²) in [4.78, 5) is 2.23. The molecule has 6 heteroatoms. The average molecular weight is 325 g/mol. The van der Waals surface area contributed by atoms with Crippen LogP contribution in [0.1, 0.15) is 0 Å². The zero-order chi connectivity index (χ0) is 13.2. The molecule has 0 bridgehead atoms. The maximum atomic E-state index is 13.1. The smallest absolute Gasteiger partial charge is 0.151 e. The van der Waals surface area contributed by atoms with Crippen molar-refractivity contribution in [3.05, 3.63) is 34.6 Å². The number of nitrogens with one attached hydrogen (secondary N) is 2. The van der Waals surface area contributed by atoms with Crippen LogP contribution in [0.4, 0.5) is 10.2 Å². The molecular formula is C13H14BrFN4. The molecule has 3 rings (SSSR count). The van der Waals surface area contributed by atoms with Gasteiger partial charge in [-0.25, -0.2) is 4.39 Å². The lowest BCUT2D eigenvalue weighted by Crippen LogP contribution is -2.43. The van der Waals surface area contributed by atoms with Gasteiger partial charge >= 0.3 is 0 Å². The molecule has 0 radical (unpaired) electrons. The summed E-state index contributed by atoms with van der Waals surface area (Å²) in [6.45, 7) is 3.86. The van der Waals surface area contributed by atoms with Crippen molar-refractivity contribution in [3.8, 4) is 11.3 Å². The van der Waals surface area contributed by atoms with Gasteiger partial charge in [0.1, 0.15) is 5.82 Å². The molecule has 0 amide bonds. The van der Waals surface area contributed by atoms with Gasteiger partial charge in [0.15, 0.2) is 5.82 Å². The number of H-pyrrole nitrogens is 1. The van der Waals surface area contributed by atoms with Crippen LogP contribution in [0.5, 0.6) is 0 Å². The third kappa shape index (κ3) is 2.64. The third-order valence-corrected chi connectivity index (χ3v) is 3.88. The van der Waals surface area contributed by atoms with Crippen LogP contribution >= 0.6 is 15.9 Å². The number of hydrogen-bond donors (Lipinski definition) is 2. The quantitative estimate of drug-likeness (QED) is 0.891. The lowest BCUT2D eigenvalue weighted by Gasteiger charge is -2.26. The summed E-state index contributed by atoms with van der Waals surface area (Å²) in [7, 11) is 0. The van der Waals surface area contributed by atoms with Crippen LogP contribution in [0, 0.1) is 5.82 Å².